The highest BCUT2D eigenvalue weighted by Gasteiger charge is 2.26. The third-order valence-corrected chi connectivity index (χ3v) is 3.49. The summed E-state index contributed by atoms with van der Waals surface area (Å²) in [6, 6.07) is 7.88. The molecule has 2 aromatic rings. The van der Waals surface area contributed by atoms with Crippen LogP contribution < -0.4 is 15.4 Å². The highest BCUT2D eigenvalue weighted by atomic mass is 16.6. The predicted molar refractivity (Wildman–Crippen MR) is 85.7 cm³/mol. The van der Waals surface area contributed by atoms with Gasteiger partial charge >= 0.3 is 5.69 Å². The Labute approximate surface area is 133 Å². The molecule has 0 spiro atoms. The zero-order chi connectivity index (χ0) is 16.2. The van der Waals surface area contributed by atoms with Crippen LogP contribution in [0, 0.1) is 10.1 Å². The molecular weight excluding hydrogens is 298 g/mol. The van der Waals surface area contributed by atoms with E-state index in [9.17, 15) is 10.1 Å². The van der Waals surface area contributed by atoms with Crippen molar-refractivity contribution >= 4 is 17.5 Å². The molecule has 1 aliphatic carbocycles. The summed E-state index contributed by atoms with van der Waals surface area (Å²) < 4.78 is 5.11. The van der Waals surface area contributed by atoms with Gasteiger partial charge in [0.1, 0.15) is 11.9 Å². The smallest absolute Gasteiger partial charge is 0.329 e. The van der Waals surface area contributed by atoms with Gasteiger partial charge < -0.3 is 15.4 Å². The fourth-order valence-electron chi connectivity index (χ4n) is 2.05. The molecule has 3 rings (SSSR count). The van der Waals surface area contributed by atoms with Crippen LogP contribution in [0.25, 0.3) is 0 Å². The number of ether oxygens (including phenoxy) is 1. The van der Waals surface area contributed by atoms with E-state index < -0.39 is 4.92 Å². The third kappa shape index (κ3) is 3.85. The lowest BCUT2D eigenvalue weighted by molar-refractivity contribution is -0.384. The van der Waals surface area contributed by atoms with Crippen LogP contribution in [-0.2, 0) is 6.54 Å². The Hall–Kier alpha value is -2.90. The van der Waals surface area contributed by atoms with Gasteiger partial charge in [-0.15, -0.1) is 0 Å². The van der Waals surface area contributed by atoms with Crippen LogP contribution in [0.4, 0.5) is 17.5 Å². The number of nitro groups is 1. The molecule has 8 heteroatoms. The first-order valence-electron chi connectivity index (χ1n) is 7.30. The fourth-order valence-corrected chi connectivity index (χ4v) is 2.05. The number of hydrogen-bond acceptors (Lipinski definition) is 7. The van der Waals surface area contributed by atoms with Gasteiger partial charge in [0.05, 0.1) is 12.0 Å². The number of nitrogens with one attached hydrogen (secondary N) is 2. The molecule has 1 aromatic heterocycles. The first-order valence-corrected chi connectivity index (χ1v) is 7.30. The minimum atomic E-state index is -0.474. The monoisotopic (exact) mass is 315 g/mol. The summed E-state index contributed by atoms with van der Waals surface area (Å²) >= 11 is 0. The van der Waals surface area contributed by atoms with Gasteiger partial charge in [-0.2, -0.15) is 4.98 Å². The van der Waals surface area contributed by atoms with Crippen molar-refractivity contribution in [2.75, 3.05) is 17.7 Å². The summed E-state index contributed by atoms with van der Waals surface area (Å²) in [5, 5.41) is 17.2. The molecule has 1 heterocycles. The van der Waals surface area contributed by atoms with Crippen molar-refractivity contribution in [3.8, 4) is 5.75 Å². The van der Waals surface area contributed by atoms with Crippen molar-refractivity contribution in [3.05, 3.63) is 46.1 Å². The molecule has 0 amide bonds. The summed E-state index contributed by atoms with van der Waals surface area (Å²) in [5.74, 6) is 1.41. The molecular formula is C15H17N5O3. The summed E-state index contributed by atoms with van der Waals surface area (Å²) in [6.45, 7) is 0.519. The normalized spacial score (nSPS) is 13.4. The van der Waals surface area contributed by atoms with Crippen LogP contribution in [0.15, 0.2) is 30.5 Å². The molecule has 23 heavy (non-hydrogen) atoms. The summed E-state index contributed by atoms with van der Waals surface area (Å²) in [7, 11) is 1.62. The third-order valence-electron chi connectivity index (χ3n) is 3.49. The minimum absolute atomic E-state index is 0.105. The molecule has 1 fully saturated rings. The van der Waals surface area contributed by atoms with Crippen LogP contribution >= 0.6 is 0 Å². The van der Waals surface area contributed by atoms with Crippen molar-refractivity contribution in [2.45, 2.75) is 25.4 Å². The summed E-state index contributed by atoms with van der Waals surface area (Å²) in [4.78, 5) is 18.8. The van der Waals surface area contributed by atoms with E-state index in [0.717, 1.165) is 24.2 Å². The van der Waals surface area contributed by atoms with E-state index in [2.05, 4.69) is 20.6 Å². The van der Waals surface area contributed by atoms with Crippen molar-refractivity contribution in [3.63, 3.8) is 0 Å². The molecule has 1 aromatic carbocycles. The highest BCUT2D eigenvalue weighted by Crippen LogP contribution is 2.29. The van der Waals surface area contributed by atoms with Gasteiger partial charge in [0, 0.05) is 12.6 Å². The quantitative estimate of drug-likeness (QED) is 0.598. The molecule has 1 saturated carbocycles. The Bertz CT molecular complexity index is 701. The minimum Gasteiger partial charge on any atom is -0.497 e. The average Bonchev–Trinajstić information content (AvgIpc) is 3.37. The Morgan fingerprint density at radius 2 is 2.09 bits per heavy atom. The fraction of sp³-hybridized carbons (Fsp3) is 0.333. The average molecular weight is 315 g/mol. The Kier molecular flexibility index (Phi) is 4.22. The molecule has 0 bridgehead atoms. The van der Waals surface area contributed by atoms with E-state index in [1.54, 1.807) is 7.11 Å². The van der Waals surface area contributed by atoms with Gasteiger partial charge in [0.25, 0.3) is 0 Å². The molecule has 1 aliphatic rings. The van der Waals surface area contributed by atoms with Gasteiger partial charge in [0.2, 0.25) is 11.8 Å². The molecule has 0 saturated heterocycles. The van der Waals surface area contributed by atoms with Crippen molar-refractivity contribution in [1.29, 1.82) is 0 Å². The van der Waals surface area contributed by atoms with Crippen LogP contribution in [0.1, 0.15) is 18.4 Å². The number of hydrogen-bond donors (Lipinski definition) is 2. The highest BCUT2D eigenvalue weighted by molar-refractivity contribution is 5.58. The molecule has 0 radical (unpaired) electrons. The SMILES string of the molecule is COc1ccc(CNc2ncc([N+](=O)[O-])c(NC3CC3)n2)cc1. The lowest BCUT2D eigenvalue weighted by Crippen LogP contribution is -2.10. The van der Waals surface area contributed by atoms with Gasteiger partial charge in [-0.25, -0.2) is 4.98 Å². The van der Waals surface area contributed by atoms with Crippen LogP contribution in [0.5, 0.6) is 5.75 Å². The molecule has 120 valence electrons. The maximum Gasteiger partial charge on any atom is 0.329 e. The zero-order valence-corrected chi connectivity index (χ0v) is 12.7. The van der Waals surface area contributed by atoms with Crippen LogP contribution in [0.3, 0.4) is 0 Å². The van der Waals surface area contributed by atoms with E-state index in [1.807, 2.05) is 24.3 Å². The maximum absolute atomic E-state index is 11.0. The predicted octanol–water partition coefficient (Wildman–Crippen LogP) is 2.58. The summed E-state index contributed by atoms with van der Waals surface area (Å²) in [5.41, 5.74) is 0.927. The molecule has 0 atom stereocenters. The van der Waals surface area contributed by atoms with Crippen molar-refractivity contribution in [1.82, 2.24) is 9.97 Å². The van der Waals surface area contributed by atoms with Gasteiger partial charge in [-0.05, 0) is 30.5 Å². The Balaban J connectivity index is 1.70. The lowest BCUT2D eigenvalue weighted by atomic mass is 10.2. The number of benzene rings is 1. The second kappa shape index (κ2) is 6.47. The van der Waals surface area contributed by atoms with Crippen molar-refractivity contribution in [2.24, 2.45) is 0 Å². The lowest BCUT2D eigenvalue weighted by Gasteiger charge is -2.08. The second-order valence-electron chi connectivity index (χ2n) is 5.30. The van der Waals surface area contributed by atoms with Gasteiger partial charge in [0.15, 0.2) is 0 Å². The maximum atomic E-state index is 11.0. The molecule has 0 aliphatic heterocycles. The first kappa shape index (κ1) is 15.0. The van der Waals surface area contributed by atoms with E-state index in [4.69, 9.17) is 4.74 Å². The van der Waals surface area contributed by atoms with E-state index >= 15 is 0 Å². The van der Waals surface area contributed by atoms with Gasteiger partial charge in [-0.3, -0.25) is 10.1 Å². The number of nitrogens with zero attached hydrogens (tertiary/aromatic N) is 3. The zero-order valence-electron chi connectivity index (χ0n) is 12.7. The topological polar surface area (TPSA) is 102 Å². The van der Waals surface area contributed by atoms with E-state index in [0.29, 0.717) is 12.5 Å². The number of methoxy groups -OCH3 is 1. The molecule has 8 nitrogen and oxygen atoms in total. The second-order valence-corrected chi connectivity index (χ2v) is 5.30. The molecule has 2 N–H and O–H groups in total. The van der Waals surface area contributed by atoms with Crippen LogP contribution in [0.2, 0.25) is 0 Å². The van der Waals surface area contributed by atoms with E-state index in [-0.39, 0.29) is 17.5 Å². The number of rotatable bonds is 7. The Morgan fingerprint density at radius 3 is 2.70 bits per heavy atom. The molecule has 0 unspecified atom stereocenters. The van der Waals surface area contributed by atoms with E-state index in [1.165, 1.54) is 6.20 Å². The Morgan fingerprint density at radius 1 is 1.35 bits per heavy atom. The summed E-state index contributed by atoms with van der Waals surface area (Å²) in [6.07, 6.45) is 3.25. The largest absolute Gasteiger partial charge is 0.497 e. The first-order chi connectivity index (χ1) is 11.2. The standard InChI is InChI=1S/C15H17N5O3/c1-23-12-6-2-10(3-7-12)8-16-15-17-9-13(20(21)22)14(19-15)18-11-4-5-11/h2-3,6-7,9,11H,4-5,8H2,1H3,(H2,16,17,18,19). The van der Waals surface area contributed by atoms with Crippen LogP contribution in [-0.4, -0.2) is 28.0 Å². The number of anilines is 2. The van der Waals surface area contributed by atoms with Gasteiger partial charge in [-0.1, -0.05) is 12.1 Å². The van der Waals surface area contributed by atoms with Crippen molar-refractivity contribution < 1.29 is 9.66 Å². The number of aromatic nitrogens is 2.